The van der Waals surface area contributed by atoms with Gasteiger partial charge in [0.2, 0.25) is 0 Å². The van der Waals surface area contributed by atoms with Crippen LogP contribution in [0.4, 0.5) is 25.0 Å². The van der Waals surface area contributed by atoms with Crippen molar-refractivity contribution in [2.45, 2.75) is 45.4 Å². The number of ether oxygens (including phenoxy) is 1. The average Bonchev–Trinajstić information content (AvgIpc) is 3.77. The number of amides is 3. The Morgan fingerprint density at radius 2 is 1.83 bits per heavy atom. The summed E-state index contributed by atoms with van der Waals surface area (Å²) in [7, 11) is 0. The molecule has 1 aromatic heterocycles. The second-order valence-electron chi connectivity index (χ2n) is 10.5. The van der Waals surface area contributed by atoms with Crippen molar-refractivity contribution in [2.75, 3.05) is 30.3 Å². The average molecular weight is 567 g/mol. The van der Waals surface area contributed by atoms with E-state index in [1.165, 1.54) is 32.2 Å². The predicted octanol–water partition coefficient (Wildman–Crippen LogP) is 3.18. The molecule has 3 amide bonds. The van der Waals surface area contributed by atoms with Crippen molar-refractivity contribution in [3.63, 3.8) is 0 Å². The van der Waals surface area contributed by atoms with Crippen LogP contribution in [-0.2, 0) is 16.1 Å². The van der Waals surface area contributed by atoms with Crippen LogP contribution in [0.2, 0.25) is 0 Å². The van der Waals surface area contributed by atoms with Gasteiger partial charge in [0.05, 0.1) is 47.1 Å². The lowest BCUT2D eigenvalue weighted by Crippen LogP contribution is -2.51. The van der Waals surface area contributed by atoms with Gasteiger partial charge in [-0.2, -0.15) is 5.26 Å². The topological polar surface area (TPSA) is 138 Å². The van der Waals surface area contributed by atoms with Crippen LogP contribution in [0.3, 0.4) is 0 Å². The molecular weight excluding hydrogens is 538 g/mol. The van der Waals surface area contributed by atoms with Crippen LogP contribution in [0.1, 0.15) is 38.3 Å². The molecule has 3 aromatic rings. The fourth-order valence-corrected chi connectivity index (χ4v) is 4.80. The van der Waals surface area contributed by atoms with Crippen molar-refractivity contribution < 1.29 is 23.1 Å². The summed E-state index contributed by atoms with van der Waals surface area (Å²) in [6.45, 7) is 3.70. The van der Waals surface area contributed by atoms with Gasteiger partial charge in [-0.1, -0.05) is 0 Å². The number of benzene rings is 2. The van der Waals surface area contributed by atoms with E-state index in [-0.39, 0.29) is 66.0 Å². The summed E-state index contributed by atoms with van der Waals surface area (Å²) >= 11 is 0. The third-order valence-corrected chi connectivity index (χ3v) is 7.16. The Bertz CT molecular complexity index is 1710. The SMILES string of the molecule is CC(C)n1c(=O)n(CC2CC2)c(=O)c2cc(NC(=O)N3CCO[C@@H](C(=O)Nc4ccc(C#N)cc4F)C3)c(F)cc21. The molecule has 1 aliphatic carbocycles. The molecule has 2 aromatic carbocycles. The molecule has 13 heteroatoms. The van der Waals surface area contributed by atoms with Crippen LogP contribution in [0.25, 0.3) is 10.9 Å². The summed E-state index contributed by atoms with van der Waals surface area (Å²) in [4.78, 5) is 53.4. The van der Waals surface area contributed by atoms with Crippen molar-refractivity contribution in [3.05, 3.63) is 68.4 Å². The Balaban J connectivity index is 1.36. The molecule has 214 valence electrons. The summed E-state index contributed by atoms with van der Waals surface area (Å²) in [5.41, 5.74) is -1.23. The zero-order chi connectivity index (χ0) is 29.4. The minimum atomic E-state index is -1.14. The van der Waals surface area contributed by atoms with E-state index in [1.807, 2.05) is 0 Å². The molecule has 2 N–H and O–H groups in total. The first kappa shape index (κ1) is 28.0. The van der Waals surface area contributed by atoms with Crippen LogP contribution in [-0.4, -0.2) is 51.8 Å². The highest BCUT2D eigenvalue weighted by molar-refractivity contribution is 5.96. The molecular formula is C28H28F2N6O5. The van der Waals surface area contributed by atoms with E-state index in [4.69, 9.17) is 10.00 Å². The number of fused-ring (bicyclic) bond motifs is 1. The second kappa shape index (κ2) is 11.1. The largest absolute Gasteiger partial charge is 0.365 e. The molecule has 41 heavy (non-hydrogen) atoms. The number of morpholine rings is 1. The summed E-state index contributed by atoms with van der Waals surface area (Å²) < 4.78 is 37.4. The number of hydrogen-bond acceptors (Lipinski definition) is 6. The molecule has 1 atom stereocenters. The molecule has 1 saturated heterocycles. The number of urea groups is 1. The van der Waals surface area contributed by atoms with Gasteiger partial charge in [0.15, 0.2) is 6.10 Å². The van der Waals surface area contributed by atoms with Gasteiger partial charge in [0, 0.05) is 25.2 Å². The highest BCUT2D eigenvalue weighted by atomic mass is 19.1. The molecule has 0 spiro atoms. The second-order valence-corrected chi connectivity index (χ2v) is 10.5. The fraction of sp³-hybridized carbons (Fsp3) is 0.393. The number of nitrogens with one attached hydrogen (secondary N) is 2. The van der Waals surface area contributed by atoms with E-state index in [2.05, 4.69) is 10.6 Å². The number of nitriles is 1. The van der Waals surface area contributed by atoms with Crippen molar-refractivity contribution in [2.24, 2.45) is 5.92 Å². The maximum Gasteiger partial charge on any atom is 0.331 e. The standard InChI is InChI=1S/C28H28F2N6O5/c1-15(2)36-23-11-20(30)22(10-18(23)26(38)35(28(36)40)13-16-3-4-16)33-27(39)34-7-8-41-24(14-34)25(37)32-21-6-5-17(12-31)9-19(21)29/h5-6,9-11,15-16,24H,3-4,7-8,13-14H2,1-2H3,(H,32,37)(H,33,39)/t24-/m1/s1. The first-order valence-corrected chi connectivity index (χ1v) is 13.2. The van der Waals surface area contributed by atoms with Crippen LogP contribution < -0.4 is 21.9 Å². The minimum absolute atomic E-state index is 0.00585. The molecule has 2 aliphatic rings. The maximum atomic E-state index is 15.2. The molecule has 1 saturated carbocycles. The molecule has 2 heterocycles. The van der Waals surface area contributed by atoms with E-state index < -0.39 is 40.9 Å². The normalized spacial score (nSPS) is 17.0. The lowest BCUT2D eigenvalue weighted by molar-refractivity contribution is -0.131. The molecule has 0 radical (unpaired) electrons. The first-order chi connectivity index (χ1) is 19.6. The van der Waals surface area contributed by atoms with Crippen molar-refractivity contribution >= 4 is 34.2 Å². The lowest BCUT2D eigenvalue weighted by atomic mass is 10.1. The molecule has 1 aliphatic heterocycles. The Morgan fingerprint density at radius 1 is 1.10 bits per heavy atom. The van der Waals surface area contributed by atoms with Gasteiger partial charge in [-0.15, -0.1) is 0 Å². The number of anilines is 2. The smallest absolute Gasteiger partial charge is 0.331 e. The number of rotatable bonds is 6. The number of nitrogens with zero attached hydrogens (tertiary/aromatic N) is 4. The van der Waals surface area contributed by atoms with Gasteiger partial charge in [-0.25, -0.2) is 18.4 Å². The lowest BCUT2D eigenvalue weighted by Gasteiger charge is -2.32. The monoisotopic (exact) mass is 566 g/mol. The highest BCUT2D eigenvalue weighted by Crippen LogP contribution is 2.30. The minimum Gasteiger partial charge on any atom is -0.365 e. The zero-order valence-corrected chi connectivity index (χ0v) is 22.4. The Hall–Kier alpha value is -4.57. The van der Waals surface area contributed by atoms with E-state index >= 15 is 4.39 Å². The van der Waals surface area contributed by atoms with Gasteiger partial charge >= 0.3 is 11.7 Å². The molecule has 0 unspecified atom stereocenters. The number of carbonyl (C=O) groups excluding carboxylic acids is 2. The summed E-state index contributed by atoms with van der Waals surface area (Å²) in [5, 5.41) is 13.8. The third kappa shape index (κ3) is 5.69. The maximum absolute atomic E-state index is 15.2. The Kier molecular flexibility index (Phi) is 7.59. The fourth-order valence-electron chi connectivity index (χ4n) is 4.80. The zero-order valence-electron chi connectivity index (χ0n) is 22.4. The molecule has 0 bridgehead atoms. The van der Waals surface area contributed by atoms with Gasteiger partial charge in [-0.3, -0.25) is 18.7 Å². The Morgan fingerprint density at radius 3 is 2.49 bits per heavy atom. The van der Waals surface area contributed by atoms with Crippen LogP contribution in [0.15, 0.2) is 39.9 Å². The van der Waals surface area contributed by atoms with E-state index in [0.29, 0.717) is 0 Å². The van der Waals surface area contributed by atoms with Gasteiger partial charge in [0.1, 0.15) is 11.6 Å². The quantitative estimate of drug-likeness (QED) is 0.470. The number of aromatic nitrogens is 2. The van der Waals surface area contributed by atoms with Crippen molar-refractivity contribution in [1.29, 1.82) is 5.26 Å². The molecule has 5 rings (SSSR count). The van der Waals surface area contributed by atoms with Gasteiger partial charge in [0.25, 0.3) is 11.5 Å². The van der Waals surface area contributed by atoms with Crippen LogP contribution >= 0.6 is 0 Å². The van der Waals surface area contributed by atoms with Gasteiger partial charge in [-0.05, 0) is 56.9 Å². The number of carbonyl (C=O) groups is 2. The number of halogens is 2. The molecule has 11 nitrogen and oxygen atoms in total. The first-order valence-electron chi connectivity index (χ1n) is 13.2. The summed E-state index contributed by atoms with van der Waals surface area (Å²) in [6.07, 6.45) is 0.718. The van der Waals surface area contributed by atoms with E-state index in [0.717, 1.165) is 25.0 Å². The Labute approximate surface area is 232 Å². The van der Waals surface area contributed by atoms with Crippen molar-refractivity contribution in [3.8, 4) is 6.07 Å². The summed E-state index contributed by atoms with van der Waals surface area (Å²) in [5.74, 6) is -2.09. The van der Waals surface area contributed by atoms with Crippen molar-refractivity contribution in [1.82, 2.24) is 14.0 Å². The molecule has 2 fully saturated rings. The number of hydrogen-bond donors (Lipinski definition) is 2. The third-order valence-electron chi connectivity index (χ3n) is 7.16. The van der Waals surface area contributed by atoms with Crippen LogP contribution in [0.5, 0.6) is 0 Å². The van der Waals surface area contributed by atoms with Crippen LogP contribution in [0, 0.1) is 28.9 Å². The predicted molar refractivity (Wildman–Crippen MR) is 146 cm³/mol. The van der Waals surface area contributed by atoms with E-state index in [9.17, 15) is 23.6 Å². The van der Waals surface area contributed by atoms with Gasteiger partial charge < -0.3 is 20.3 Å². The highest BCUT2D eigenvalue weighted by Gasteiger charge is 2.31. The van der Waals surface area contributed by atoms with E-state index in [1.54, 1.807) is 19.9 Å². The summed E-state index contributed by atoms with van der Waals surface area (Å²) in [6, 6.07) is 6.60.